The largest absolute Gasteiger partial charge is 0.364 e. The van der Waals surface area contributed by atoms with Gasteiger partial charge in [0.15, 0.2) is 0 Å². The maximum absolute atomic E-state index is 12.8. The monoisotopic (exact) mass is 363 g/mol. The Morgan fingerprint density at radius 1 is 1.36 bits per heavy atom. The van der Waals surface area contributed by atoms with E-state index in [0.29, 0.717) is 5.92 Å². The van der Waals surface area contributed by atoms with Gasteiger partial charge in [-0.3, -0.25) is 4.79 Å². The Morgan fingerprint density at radius 3 is 2.80 bits per heavy atom. The van der Waals surface area contributed by atoms with Crippen molar-refractivity contribution in [2.45, 2.75) is 32.2 Å². The second-order valence-corrected chi connectivity index (χ2v) is 6.61. The summed E-state index contributed by atoms with van der Waals surface area (Å²) < 4.78 is 4.88. The number of halogens is 1. The Morgan fingerprint density at radius 2 is 2.12 bits per heavy atom. The summed E-state index contributed by atoms with van der Waals surface area (Å²) >= 11 is 0. The van der Waals surface area contributed by atoms with Gasteiger partial charge >= 0.3 is 0 Å². The van der Waals surface area contributed by atoms with Crippen LogP contribution in [0.25, 0.3) is 0 Å². The van der Waals surface area contributed by atoms with Crippen molar-refractivity contribution in [2.75, 3.05) is 20.1 Å². The van der Waals surface area contributed by atoms with Gasteiger partial charge in [0.1, 0.15) is 12.0 Å². The highest BCUT2D eigenvalue weighted by Gasteiger charge is 2.21. The molecule has 2 aromatic rings. The van der Waals surface area contributed by atoms with Crippen LogP contribution in [0.1, 0.15) is 47.4 Å². The molecule has 6 heteroatoms. The van der Waals surface area contributed by atoms with E-state index in [0.717, 1.165) is 30.8 Å². The van der Waals surface area contributed by atoms with Crippen molar-refractivity contribution in [2.24, 2.45) is 5.92 Å². The van der Waals surface area contributed by atoms with Gasteiger partial charge in [-0.1, -0.05) is 17.3 Å². The minimum atomic E-state index is -0.121. The Balaban J connectivity index is 0.00000225. The van der Waals surface area contributed by atoms with Crippen molar-refractivity contribution in [1.82, 2.24) is 15.4 Å². The van der Waals surface area contributed by atoms with Crippen molar-refractivity contribution in [3.8, 4) is 0 Å². The molecule has 2 heterocycles. The number of carbonyl (C=O) groups excluding carboxylic acids is 1. The number of piperidine rings is 1. The Labute approximate surface area is 155 Å². The van der Waals surface area contributed by atoms with Crippen LogP contribution in [0.4, 0.5) is 0 Å². The SMILES string of the molecule is CC(c1ccon1)N(C)C(=O)c1cccc(CC2CCNCC2)c1.Cl. The maximum Gasteiger partial charge on any atom is 0.254 e. The molecular formula is C19H26ClN3O2. The summed E-state index contributed by atoms with van der Waals surface area (Å²) in [5, 5.41) is 7.33. The van der Waals surface area contributed by atoms with E-state index in [1.54, 1.807) is 18.0 Å². The molecule has 1 aromatic heterocycles. The number of carbonyl (C=O) groups is 1. The number of hydrogen-bond acceptors (Lipinski definition) is 4. The van der Waals surface area contributed by atoms with Gasteiger partial charge in [0.2, 0.25) is 0 Å². The molecule has 1 saturated heterocycles. The smallest absolute Gasteiger partial charge is 0.254 e. The van der Waals surface area contributed by atoms with Crippen molar-refractivity contribution >= 4 is 18.3 Å². The minimum absolute atomic E-state index is 0. The number of nitrogens with zero attached hydrogens (tertiary/aromatic N) is 2. The summed E-state index contributed by atoms with van der Waals surface area (Å²) in [5.41, 5.74) is 2.74. The minimum Gasteiger partial charge on any atom is -0.364 e. The first-order chi connectivity index (χ1) is 11.6. The van der Waals surface area contributed by atoms with E-state index in [2.05, 4.69) is 16.5 Å². The molecular weight excluding hydrogens is 338 g/mol. The van der Waals surface area contributed by atoms with Crippen molar-refractivity contribution in [1.29, 1.82) is 0 Å². The average Bonchev–Trinajstić information content (AvgIpc) is 3.15. The fourth-order valence-corrected chi connectivity index (χ4v) is 3.27. The molecule has 5 nitrogen and oxygen atoms in total. The van der Waals surface area contributed by atoms with Crippen LogP contribution in [0.15, 0.2) is 41.1 Å². The van der Waals surface area contributed by atoms with Gasteiger partial charge in [-0.25, -0.2) is 0 Å². The summed E-state index contributed by atoms with van der Waals surface area (Å²) in [6.45, 7) is 4.15. The molecule has 1 aliphatic rings. The molecule has 1 amide bonds. The number of amides is 1. The third-order valence-electron chi connectivity index (χ3n) is 4.94. The van der Waals surface area contributed by atoms with E-state index < -0.39 is 0 Å². The van der Waals surface area contributed by atoms with Crippen LogP contribution in [0.3, 0.4) is 0 Å². The van der Waals surface area contributed by atoms with Crippen LogP contribution in [0.5, 0.6) is 0 Å². The van der Waals surface area contributed by atoms with Crippen LogP contribution < -0.4 is 5.32 Å². The third kappa shape index (κ3) is 4.83. The quantitative estimate of drug-likeness (QED) is 0.883. The molecule has 0 aliphatic carbocycles. The molecule has 1 aromatic carbocycles. The van der Waals surface area contributed by atoms with E-state index in [1.807, 2.05) is 25.1 Å². The second-order valence-electron chi connectivity index (χ2n) is 6.61. The predicted octanol–water partition coefficient (Wildman–Crippen LogP) is 3.47. The van der Waals surface area contributed by atoms with Crippen LogP contribution in [0.2, 0.25) is 0 Å². The molecule has 0 radical (unpaired) electrons. The fourth-order valence-electron chi connectivity index (χ4n) is 3.27. The van der Waals surface area contributed by atoms with E-state index in [9.17, 15) is 4.79 Å². The molecule has 1 fully saturated rings. The fraction of sp³-hybridized carbons (Fsp3) is 0.474. The first kappa shape index (κ1) is 19.5. The number of rotatable bonds is 5. The van der Waals surface area contributed by atoms with Crippen LogP contribution in [-0.4, -0.2) is 36.1 Å². The van der Waals surface area contributed by atoms with Crippen molar-refractivity contribution in [3.63, 3.8) is 0 Å². The first-order valence-corrected chi connectivity index (χ1v) is 8.62. The molecule has 25 heavy (non-hydrogen) atoms. The summed E-state index contributed by atoms with van der Waals surface area (Å²) in [7, 11) is 1.81. The van der Waals surface area contributed by atoms with E-state index >= 15 is 0 Å². The van der Waals surface area contributed by atoms with E-state index in [-0.39, 0.29) is 24.4 Å². The molecule has 3 rings (SSSR count). The molecule has 0 bridgehead atoms. The summed E-state index contributed by atoms with van der Waals surface area (Å²) in [6, 6.07) is 9.71. The lowest BCUT2D eigenvalue weighted by molar-refractivity contribution is 0.0737. The van der Waals surface area contributed by atoms with E-state index in [1.165, 1.54) is 24.7 Å². The standard InChI is InChI=1S/C19H25N3O2.ClH/c1-14(18-8-11-24-21-18)22(2)19(23)17-5-3-4-16(13-17)12-15-6-9-20-10-7-15;/h3-5,8,11,13-15,20H,6-7,9-10,12H2,1-2H3;1H. The lowest BCUT2D eigenvalue weighted by atomic mass is 9.90. The van der Waals surface area contributed by atoms with Crippen LogP contribution in [-0.2, 0) is 6.42 Å². The predicted molar refractivity (Wildman–Crippen MR) is 100.0 cm³/mol. The van der Waals surface area contributed by atoms with Gasteiger partial charge in [-0.2, -0.15) is 0 Å². The molecule has 136 valence electrons. The van der Waals surface area contributed by atoms with Gasteiger partial charge < -0.3 is 14.7 Å². The van der Waals surface area contributed by atoms with Gasteiger partial charge in [0.05, 0.1) is 6.04 Å². The first-order valence-electron chi connectivity index (χ1n) is 8.62. The van der Waals surface area contributed by atoms with Crippen molar-refractivity contribution < 1.29 is 9.32 Å². The zero-order chi connectivity index (χ0) is 16.9. The van der Waals surface area contributed by atoms with Gasteiger partial charge in [0.25, 0.3) is 5.91 Å². The number of benzene rings is 1. The average molecular weight is 364 g/mol. The summed E-state index contributed by atoms with van der Waals surface area (Å²) in [4.78, 5) is 14.5. The lowest BCUT2D eigenvalue weighted by Gasteiger charge is -2.24. The highest BCUT2D eigenvalue weighted by molar-refractivity contribution is 5.94. The van der Waals surface area contributed by atoms with Gasteiger partial charge in [-0.05, 0) is 62.9 Å². The zero-order valence-corrected chi connectivity index (χ0v) is 15.6. The normalized spacial score (nSPS) is 16.1. The molecule has 1 atom stereocenters. The third-order valence-corrected chi connectivity index (χ3v) is 4.94. The molecule has 1 unspecified atom stereocenters. The van der Waals surface area contributed by atoms with Gasteiger partial charge in [-0.15, -0.1) is 12.4 Å². The van der Waals surface area contributed by atoms with E-state index in [4.69, 9.17) is 4.52 Å². The molecule has 1 N–H and O–H groups in total. The lowest BCUT2D eigenvalue weighted by Crippen LogP contribution is -2.30. The highest BCUT2D eigenvalue weighted by atomic mass is 35.5. The van der Waals surface area contributed by atoms with Gasteiger partial charge in [0, 0.05) is 18.7 Å². The molecule has 0 spiro atoms. The van der Waals surface area contributed by atoms with Crippen molar-refractivity contribution in [3.05, 3.63) is 53.4 Å². The summed E-state index contributed by atoms with van der Waals surface area (Å²) in [6.07, 6.45) is 5.00. The number of hydrogen-bond donors (Lipinski definition) is 1. The van der Waals surface area contributed by atoms with Crippen LogP contribution in [0, 0.1) is 5.92 Å². The molecule has 0 saturated carbocycles. The summed E-state index contributed by atoms with van der Waals surface area (Å²) in [5.74, 6) is 0.723. The highest BCUT2D eigenvalue weighted by Crippen LogP contribution is 2.22. The number of nitrogens with one attached hydrogen (secondary N) is 1. The topological polar surface area (TPSA) is 58.4 Å². The van der Waals surface area contributed by atoms with Crippen LogP contribution >= 0.6 is 12.4 Å². The maximum atomic E-state index is 12.8. The second kappa shape index (κ2) is 9.02. The molecule has 1 aliphatic heterocycles. The zero-order valence-electron chi connectivity index (χ0n) is 14.8. The Kier molecular flexibility index (Phi) is 7.02. The Bertz CT molecular complexity index is 669. The number of aromatic nitrogens is 1. The Hall–Kier alpha value is -1.85.